The molecular formula is C10H18O4. The van der Waals surface area contributed by atoms with Crippen LogP contribution in [0.3, 0.4) is 0 Å². The maximum Gasteiger partial charge on any atom is 0.186 e. The Morgan fingerprint density at radius 1 is 1.21 bits per heavy atom. The molecule has 2 aliphatic rings. The van der Waals surface area contributed by atoms with Gasteiger partial charge in [-0.05, 0) is 20.3 Å². The van der Waals surface area contributed by atoms with Crippen molar-refractivity contribution in [2.24, 2.45) is 0 Å². The third-order valence-corrected chi connectivity index (χ3v) is 2.74. The zero-order chi connectivity index (χ0) is 10.3. The highest BCUT2D eigenvalue weighted by molar-refractivity contribution is 4.94. The Morgan fingerprint density at radius 3 is 2.43 bits per heavy atom. The Kier molecular flexibility index (Phi) is 2.55. The lowest BCUT2D eigenvalue weighted by atomic mass is 10.1. The van der Waals surface area contributed by atoms with Crippen molar-refractivity contribution >= 4 is 0 Å². The first kappa shape index (κ1) is 10.4. The Labute approximate surface area is 84.5 Å². The molecule has 4 atom stereocenters. The summed E-state index contributed by atoms with van der Waals surface area (Å²) in [6, 6.07) is 0. The van der Waals surface area contributed by atoms with Gasteiger partial charge < -0.3 is 18.9 Å². The van der Waals surface area contributed by atoms with Crippen LogP contribution < -0.4 is 0 Å². The highest BCUT2D eigenvalue weighted by Gasteiger charge is 2.54. The van der Waals surface area contributed by atoms with E-state index in [-0.39, 0.29) is 24.6 Å². The van der Waals surface area contributed by atoms with Gasteiger partial charge in [-0.25, -0.2) is 0 Å². The van der Waals surface area contributed by atoms with Crippen LogP contribution in [0.4, 0.5) is 0 Å². The molecule has 0 bridgehead atoms. The van der Waals surface area contributed by atoms with E-state index < -0.39 is 5.79 Å². The molecule has 2 aliphatic heterocycles. The van der Waals surface area contributed by atoms with Crippen molar-refractivity contribution in [3.63, 3.8) is 0 Å². The van der Waals surface area contributed by atoms with Crippen molar-refractivity contribution in [1.29, 1.82) is 0 Å². The average Bonchev–Trinajstić information content (AvgIpc) is 2.57. The number of hydrogen-bond donors (Lipinski definition) is 0. The lowest BCUT2D eigenvalue weighted by molar-refractivity contribution is -0.227. The minimum atomic E-state index is -0.511. The molecule has 0 radical (unpaired) electrons. The van der Waals surface area contributed by atoms with Gasteiger partial charge in [0.1, 0.15) is 12.2 Å². The summed E-state index contributed by atoms with van der Waals surface area (Å²) in [5, 5.41) is 0. The lowest BCUT2D eigenvalue weighted by Gasteiger charge is -2.22. The number of fused-ring (bicyclic) bond motifs is 1. The summed E-state index contributed by atoms with van der Waals surface area (Å²) in [6.45, 7) is 5.92. The van der Waals surface area contributed by atoms with Crippen molar-refractivity contribution in [1.82, 2.24) is 0 Å². The average molecular weight is 202 g/mol. The quantitative estimate of drug-likeness (QED) is 0.676. The summed E-state index contributed by atoms with van der Waals surface area (Å²) in [4.78, 5) is 0. The molecule has 4 heteroatoms. The third kappa shape index (κ3) is 1.56. The minimum Gasteiger partial charge on any atom is -0.353 e. The van der Waals surface area contributed by atoms with Gasteiger partial charge in [0.15, 0.2) is 12.1 Å². The van der Waals surface area contributed by atoms with Crippen LogP contribution in [0.25, 0.3) is 0 Å². The Morgan fingerprint density at radius 2 is 1.86 bits per heavy atom. The molecule has 0 aliphatic carbocycles. The maximum absolute atomic E-state index is 5.78. The van der Waals surface area contributed by atoms with E-state index in [1.807, 2.05) is 13.8 Å². The summed E-state index contributed by atoms with van der Waals surface area (Å²) >= 11 is 0. The molecule has 14 heavy (non-hydrogen) atoms. The van der Waals surface area contributed by atoms with Crippen LogP contribution in [0.15, 0.2) is 0 Å². The van der Waals surface area contributed by atoms with Gasteiger partial charge in [0.05, 0.1) is 6.10 Å². The first-order chi connectivity index (χ1) is 6.57. The van der Waals surface area contributed by atoms with E-state index in [1.165, 1.54) is 0 Å². The summed E-state index contributed by atoms with van der Waals surface area (Å²) < 4.78 is 22.4. The molecule has 0 saturated carbocycles. The molecule has 82 valence electrons. The van der Waals surface area contributed by atoms with Gasteiger partial charge in [-0.1, -0.05) is 6.92 Å². The largest absolute Gasteiger partial charge is 0.353 e. The van der Waals surface area contributed by atoms with E-state index in [1.54, 1.807) is 7.11 Å². The van der Waals surface area contributed by atoms with Gasteiger partial charge in [0.25, 0.3) is 0 Å². The monoisotopic (exact) mass is 202 g/mol. The summed E-state index contributed by atoms with van der Waals surface area (Å²) in [5.41, 5.74) is 0. The highest BCUT2D eigenvalue weighted by Crippen LogP contribution is 2.39. The van der Waals surface area contributed by atoms with Crippen LogP contribution in [0, 0.1) is 0 Å². The molecule has 2 rings (SSSR count). The molecule has 2 saturated heterocycles. The van der Waals surface area contributed by atoms with E-state index in [2.05, 4.69) is 6.92 Å². The van der Waals surface area contributed by atoms with Gasteiger partial charge in [-0.15, -0.1) is 0 Å². The van der Waals surface area contributed by atoms with E-state index in [0.717, 1.165) is 6.42 Å². The topological polar surface area (TPSA) is 36.9 Å². The number of rotatable bonds is 2. The fraction of sp³-hybridized carbons (Fsp3) is 1.00. The highest BCUT2D eigenvalue weighted by atomic mass is 16.8. The first-order valence-corrected chi connectivity index (χ1v) is 5.11. The Hall–Kier alpha value is -0.160. The lowest BCUT2D eigenvalue weighted by Crippen LogP contribution is -2.30. The summed E-state index contributed by atoms with van der Waals surface area (Å²) in [6.07, 6.45) is 0.652. The predicted molar refractivity (Wildman–Crippen MR) is 49.8 cm³/mol. The zero-order valence-electron chi connectivity index (χ0n) is 9.15. The third-order valence-electron chi connectivity index (χ3n) is 2.74. The van der Waals surface area contributed by atoms with Crippen LogP contribution >= 0.6 is 0 Å². The molecule has 0 aromatic carbocycles. The minimum absolute atomic E-state index is 0.0138. The molecule has 0 amide bonds. The van der Waals surface area contributed by atoms with Crippen molar-refractivity contribution in [2.75, 3.05) is 7.11 Å². The SMILES string of the molecule is CC[C@H]1O[C@@H](OC)[C@H]2OC(C)(C)OC12. The summed E-state index contributed by atoms with van der Waals surface area (Å²) in [7, 11) is 1.63. The summed E-state index contributed by atoms with van der Waals surface area (Å²) in [5.74, 6) is -0.511. The smallest absolute Gasteiger partial charge is 0.186 e. The van der Waals surface area contributed by atoms with Gasteiger partial charge in [0.2, 0.25) is 0 Å². The second-order valence-corrected chi connectivity index (χ2v) is 4.25. The van der Waals surface area contributed by atoms with Crippen molar-refractivity contribution < 1.29 is 18.9 Å². The van der Waals surface area contributed by atoms with E-state index >= 15 is 0 Å². The number of hydrogen-bond acceptors (Lipinski definition) is 4. The van der Waals surface area contributed by atoms with Crippen molar-refractivity contribution in [3.05, 3.63) is 0 Å². The van der Waals surface area contributed by atoms with Gasteiger partial charge in [-0.2, -0.15) is 0 Å². The predicted octanol–water partition coefficient (Wildman–Crippen LogP) is 1.29. The fourth-order valence-electron chi connectivity index (χ4n) is 2.16. The van der Waals surface area contributed by atoms with E-state index in [0.29, 0.717) is 0 Å². The molecule has 2 heterocycles. The van der Waals surface area contributed by atoms with E-state index in [4.69, 9.17) is 18.9 Å². The second kappa shape index (κ2) is 3.45. The Bertz CT molecular complexity index is 196. The first-order valence-electron chi connectivity index (χ1n) is 5.11. The number of ether oxygens (including phenoxy) is 4. The molecule has 0 spiro atoms. The van der Waals surface area contributed by atoms with Crippen molar-refractivity contribution in [2.45, 2.75) is 57.6 Å². The molecule has 0 N–H and O–H groups in total. The molecule has 4 nitrogen and oxygen atoms in total. The maximum atomic E-state index is 5.78. The van der Waals surface area contributed by atoms with Gasteiger partial charge in [-0.3, -0.25) is 0 Å². The van der Waals surface area contributed by atoms with Crippen LogP contribution in [-0.2, 0) is 18.9 Å². The van der Waals surface area contributed by atoms with Crippen LogP contribution in [0.1, 0.15) is 27.2 Å². The van der Waals surface area contributed by atoms with Crippen LogP contribution in [0.5, 0.6) is 0 Å². The van der Waals surface area contributed by atoms with Crippen LogP contribution in [-0.4, -0.2) is 37.5 Å². The zero-order valence-corrected chi connectivity index (χ0v) is 9.15. The Balaban J connectivity index is 2.12. The molecular weight excluding hydrogens is 184 g/mol. The molecule has 0 aromatic heterocycles. The molecule has 1 unspecified atom stereocenters. The standard InChI is InChI=1S/C10H18O4/c1-5-6-7-8(9(11-4)12-6)14-10(2,3)13-7/h6-9H,5H2,1-4H3/t6-,7?,8+,9-/m1/s1. The fourth-order valence-corrected chi connectivity index (χ4v) is 2.16. The van der Waals surface area contributed by atoms with Gasteiger partial charge in [0, 0.05) is 7.11 Å². The molecule has 0 aromatic rings. The molecule has 2 fully saturated rings. The normalized spacial score (nSPS) is 45.4. The second-order valence-electron chi connectivity index (χ2n) is 4.25. The van der Waals surface area contributed by atoms with Crippen LogP contribution in [0.2, 0.25) is 0 Å². The van der Waals surface area contributed by atoms with E-state index in [9.17, 15) is 0 Å². The van der Waals surface area contributed by atoms with Gasteiger partial charge >= 0.3 is 0 Å². The van der Waals surface area contributed by atoms with Crippen molar-refractivity contribution in [3.8, 4) is 0 Å². The number of methoxy groups -OCH3 is 1.